The van der Waals surface area contributed by atoms with Crippen LogP contribution in [0.2, 0.25) is 0 Å². The Morgan fingerprint density at radius 2 is 2.10 bits per heavy atom. The third kappa shape index (κ3) is 3.98. The molecule has 0 radical (unpaired) electrons. The van der Waals surface area contributed by atoms with E-state index in [9.17, 15) is 4.79 Å². The smallest absolute Gasteiger partial charge is 0.326 e. The van der Waals surface area contributed by atoms with Crippen molar-refractivity contribution in [1.29, 1.82) is 0 Å². The molecule has 3 atom stereocenters. The first-order valence-corrected chi connectivity index (χ1v) is 8.57. The summed E-state index contributed by atoms with van der Waals surface area (Å²) in [6.07, 6.45) is 6.74. The molecule has 1 heterocycles. The summed E-state index contributed by atoms with van der Waals surface area (Å²) in [5.41, 5.74) is -0.480. The lowest BCUT2D eigenvalue weighted by Crippen LogP contribution is -2.61. The molecule has 3 unspecified atom stereocenters. The predicted octanol–water partition coefficient (Wildman–Crippen LogP) is 2.57. The molecule has 2 rings (SSSR count). The highest BCUT2D eigenvalue weighted by Crippen LogP contribution is 2.34. The third-order valence-corrected chi connectivity index (χ3v) is 5.07. The molecular weight excluding hydrogens is 264 g/mol. The molecule has 4 nitrogen and oxygen atoms in total. The zero-order valence-corrected chi connectivity index (χ0v) is 14.2. The van der Waals surface area contributed by atoms with Gasteiger partial charge in [-0.3, -0.25) is 10.1 Å². The molecule has 1 aliphatic heterocycles. The molecule has 1 saturated carbocycles. The molecule has 1 saturated heterocycles. The second kappa shape index (κ2) is 7.10. The number of rotatable bonds is 4. The molecule has 1 aliphatic carbocycles. The molecule has 4 heteroatoms. The summed E-state index contributed by atoms with van der Waals surface area (Å²) in [5.74, 6) is 0.706. The van der Waals surface area contributed by atoms with Crippen LogP contribution in [-0.4, -0.2) is 48.7 Å². The molecule has 0 aromatic carbocycles. The van der Waals surface area contributed by atoms with Crippen LogP contribution in [0, 0.1) is 5.92 Å². The van der Waals surface area contributed by atoms with Gasteiger partial charge in [0.05, 0.1) is 7.11 Å². The maximum absolute atomic E-state index is 12.4. The first-order chi connectivity index (χ1) is 9.97. The van der Waals surface area contributed by atoms with E-state index in [2.05, 4.69) is 31.0 Å². The number of esters is 1. The summed E-state index contributed by atoms with van der Waals surface area (Å²) in [4.78, 5) is 15.0. The number of hydrogen-bond donors (Lipinski definition) is 1. The van der Waals surface area contributed by atoms with Gasteiger partial charge in [-0.15, -0.1) is 0 Å². The van der Waals surface area contributed by atoms with Crippen LogP contribution in [0.25, 0.3) is 0 Å². The van der Waals surface area contributed by atoms with Crippen molar-refractivity contribution in [3.63, 3.8) is 0 Å². The highest BCUT2D eigenvalue weighted by Gasteiger charge is 2.45. The van der Waals surface area contributed by atoms with E-state index in [1.54, 1.807) is 0 Å². The van der Waals surface area contributed by atoms with Gasteiger partial charge in [-0.2, -0.15) is 0 Å². The molecule has 0 spiro atoms. The molecule has 122 valence electrons. The number of ether oxygens (including phenoxy) is 1. The molecule has 2 aliphatic rings. The summed E-state index contributed by atoms with van der Waals surface area (Å²) in [6, 6.07) is 0.815. The van der Waals surface area contributed by atoms with Gasteiger partial charge in [0.2, 0.25) is 0 Å². The SMILES string of the molecule is COC(=O)C1(NC(C)C)CCCC(N2CCCC(C)C2)C1. The van der Waals surface area contributed by atoms with Crippen molar-refractivity contribution in [2.24, 2.45) is 5.92 Å². The Labute approximate surface area is 129 Å². The Kier molecular flexibility index (Phi) is 5.67. The van der Waals surface area contributed by atoms with E-state index in [1.165, 1.54) is 39.5 Å². The highest BCUT2D eigenvalue weighted by atomic mass is 16.5. The Bertz CT molecular complexity index is 359. The molecule has 0 bridgehead atoms. The lowest BCUT2D eigenvalue weighted by atomic mass is 9.77. The van der Waals surface area contributed by atoms with Crippen molar-refractivity contribution in [3.8, 4) is 0 Å². The van der Waals surface area contributed by atoms with Crippen LogP contribution in [-0.2, 0) is 9.53 Å². The van der Waals surface area contributed by atoms with Crippen molar-refractivity contribution in [1.82, 2.24) is 10.2 Å². The van der Waals surface area contributed by atoms with Gasteiger partial charge in [0.25, 0.3) is 0 Å². The number of nitrogens with zero attached hydrogens (tertiary/aromatic N) is 1. The highest BCUT2D eigenvalue weighted by molar-refractivity contribution is 5.81. The van der Waals surface area contributed by atoms with Crippen molar-refractivity contribution < 1.29 is 9.53 Å². The van der Waals surface area contributed by atoms with Gasteiger partial charge < -0.3 is 9.64 Å². The summed E-state index contributed by atoms with van der Waals surface area (Å²) < 4.78 is 5.13. The molecule has 0 aromatic rings. The van der Waals surface area contributed by atoms with Crippen LogP contribution >= 0.6 is 0 Å². The van der Waals surface area contributed by atoms with E-state index in [-0.39, 0.29) is 5.97 Å². The monoisotopic (exact) mass is 296 g/mol. The summed E-state index contributed by atoms with van der Waals surface area (Å²) in [5, 5.41) is 3.52. The van der Waals surface area contributed by atoms with E-state index < -0.39 is 5.54 Å². The Hall–Kier alpha value is -0.610. The maximum Gasteiger partial charge on any atom is 0.326 e. The minimum atomic E-state index is -0.480. The van der Waals surface area contributed by atoms with E-state index in [4.69, 9.17) is 4.74 Å². The van der Waals surface area contributed by atoms with Gasteiger partial charge in [0.1, 0.15) is 5.54 Å². The van der Waals surface area contributed by atoms with Crippen LogP contribution in [0.15, 0.2) is 0 Å². The maximum atomic E-state index is 12.4. The number of carbonyl (C=O) groups is 1. The minimum Gasteiger partial charge on any atom is -0.468 e. The molecule has 0 aromatic heterocycles. The van der Waals surface area contributed by atoms with E-state index in [0.717, 1.165) is 25.2 Å². The molecule has 0 amide bonds. The topological polar surface area (TPSA) is 41.6 Å². The minimum absolute atomic E-state index is 0.0778. The number of likely N-dealkylation sites (tertiary alicyclic amines) is 1. The van der Waals surface area contributed by atoms with Gasteiger partial charge in [0, 0.05) is 18.6 Å². The summed E-state index contributed by atoms with van der Waals surface area (Å²) >= 11 is 0. The van der Waals surface area contributed by atoms with Gasteiger partial charge in [0.15, 0.2) is 0 Å². The van der Waals surface area contributed by atoms with Crippen LogP contribution in [0.5, 0.6) is 0 Å². The zero-order chi connectivity index (χ0) is 15.5. The van der Waals surface area contributed by atoms with Crippen LogP contribution in [0.1, 0.15) is 59.3 Å². The Morgan fingerprint density at radius 1 is 1.33 bits per heavy atom. The fourth-order valence-corrected chi connectivity index (χ4v) is 4.24. The number of methoxy groups -OCH3 is 1. The first kappa shape index (κ1) is 16.8. The van der Waals surface area contributed by atoms with E-state index >= 15 is 0 Å². The zero-order valence-electron chi connectivity index (χ0n) is 14.2. The van der Waals surface area contributed by atoms with Gasteiger partial charge in [-0.1, -0.05) is 6.92 Å². The third-order valence-electron chi connectivity index (χ3n) is 5.07. The van der Waals surface area contributed by atoms with Crippen molar-refractivity contribution in [3.05, 3.63) is 0 Å². The lowest BCUT2D eigenvalue weighted by Gasteiger charge is -2.46. The number of carbonyl (C=O) groups excluding carboxylic acids is 1. The summed E-state index contributed by atoms with van der Waals surface area (Å²) in [6.45, 7) is 8.93. The van der Waals surface area contributed by atoms with Gasteiger partial charge in [-0.05, 0) is 64.8 Å². The van der Waals surface area contributed by atoms with Crippen molar-refractivity contribution >= 4 is 5.97 Å². The normalized spacial score (nSPS) is 34.9. The van der Waals surface area contributed by atoms with Crippen LogP contribution in [0.4, 0.5) is 0 Å². The predicted molar refractivity (Wildman–Crippen MR) is 85.2 cm³/mol. The number of nitrogens with one attached hydrogen (secondary N) is 1. The van der Waals surface area contributed by atoms with Crippen molar-refractivity contribution in [2.45, 2.75) is 76.9 Å². The quantitative estimate of drug-likeness (QED) is 0.810. The molecular formula is C17H32N2O2. The average molecular weight is 296 g/mol. The largest absolute Gasteiger partial charge is 0.468 e. The fraction of sp³-hybridized carbons (Fsp3) is 0.941. The van der Waals surface area contributed by atoms with Crippen LogP contribution < -0.4 is 5.32 Å². The molecule has 2 fully saturated rings. The second-order valence-electron chi connectivity index (χ2n) is 7.37. The molecule has 21 heavy (non-hydrogen) atoms. The van der Waals surface area contributed by atoms with Gasteiger partial charge in [-0.25, -0.2) is 0 Å². The average Bonchev–Trinajstić information content (AvgIpc) is 2.46. The summed E-state index contributed by atoms with van der Waals surface area (Å²) in [7, 11) is 1.51. The van der Waals surface area contributed by atoms with Gasteiger partial charge >= 0.3 is 5.97 Å². The van der Waals surface area contributed by atoms with E-state index in [0.29, 0.717) is 12.1 Å². The second-order valence-corrected chi connectivity index (χ2v) is 7.37. The Morgan fingerprint density at radius 3 is 2.71 bits per heavy atom. The standard InChI is InChI=1S/C17H32N2O2/c1-13(2)18-17(16(20)21-4)9-5-8-15(11-17)19-10-6-7-14(3)12-19/h13-15,18H,5-12H2,1-4H3. The molecule has 1 N–H and O–H groups in total. The lowest BCUT2D eigenvalue weighted by molar-refractivity contribution is -0.151. The van der Waals surface area contributed by atoms with E-state index in [1.807, 2.05) is 0 Å². The number of hydrogen-bond acceptors (Lipinski definition) is 4. The van der Waals surface area contributed by atoms with Crippen molar-refractivity contribution in [2.75, 3.05) is 20.2 Å². The fourth-order valence-electron chi connectivity index (χ4n) is 4.24. The van der Waals surface area contributed by atoms with Crippen LogP contribution in [0.3, 0.4) is 0 Å². The number of piperidine rings is 1. The Balaban J connectivity index is 2.10. The first-order valence-electron chi connectivity index (χ1n) is 8.57.